The van der Waals surface area contributed by atoms with Gasteiger partial charge in [-0.3, -0.25) is 4.79 Å². The van der Waals surface area contributed by atoms with Crippen LogP contribution in [-0.2, 0) is 6.54 Å². The molecular weight excluding hydrogens is 212 g/mol. The Morgan fingerprint density at radius 2 is 2.12 bits per heavy atom. The monoisotopic (exact) mass is 228 g/mol. The summed E-state index contributed by atoms with van der Waals surface area (Å²) in [5, 5.41) is 2.90. The lowest BCUT2D eigenvalue weighted by Gasteiger charge is -2.23. The predicted molar refractivity (Wildman–Crippen MR) is 67.7 cm³/mol. The first-order valence-electron chi connectivity index (χ1n) is 6.04. The second-order valence-corrected chi connectivity index (χ2v) is 4.76. The van der Waals surface area contributed by atoms with Crippen LogP contribution in [0.4, 0.5) is 0 Å². The van der Waals surface area contributed by atoms with E-state index in [4.69, 9.17) is 0 Å². The molecule has 0 bridgehead atoms. The number of nitrogens with one attached hydrogen (secondary N) is 1. The van der Waals surface area contributed by atoms with Crippen molar-refractivity contribution in [1.29, 1.82) is 0 Å². The zero-order chi connectivity index (χ0) is 11.8. The first-order chi connectivity index (χ1) is 8.25. The van der Waals surface area contributed by atoms with Gasteiger partial charge in [0, 0.05) is 25.2 Å². The molecule has 88 valence electrons. The molecule has 0 saturated carbocycles. The maximum Gasteiger partial charge on any atom is 0.251 e. The molecule has 0 fully saturated rings. The molecule has 1 aromatic rings. The molecule has 2 aliphatic rings. The SMILES string of the molecule is CN1CC=C(c2cccc3c2CNC3=O)CC1. The number of carbonyl (C=O) groups is 1. The molecular formula is C14H16N2O. The average Bonchev–Trinajstić information content (AvgIpc) is 2.73. The number of rotatable bonds is 1. The van der Waals surface area contributed by atoms with Gasteiger partial charge >= 0.3 is 0 Å². The van der Waals surface area contributed by atoms with Gasteiger partial charge < -0.3 is 10.2 Å². The molecule has 1 aromatic carbocycles. The topological polar surface area (TPSA) is 32.3 Å². The molecule has 0 radical (unpaired) electrons. The predicted octanol–water partition coefficient (Wildman–Crippen LogP) is 1.65. The van der Waals surface area contributed by atoms with Crippen molar-refractivity contribution in [3.05, 3.63) is 41.0 Å². The van der Waals surface area contributed by atoms with Gasteiger partial charge in [0.2, 0.25) is 0 Å². The molecule has 2 heterocycles. The summed E-state index contributed by atoms with van der Waals surface area (Å²) in [6, 6.07) is 6.03. The number of hydrogen-bond acceptors (Lipinski definition) is 2. The highest BCUT2D eigenvalue weighted by molar-refractivity contribution is 5.99. The fourth-order valence-electron chi connectivity index (χ4n) is 2.57. The molecule has 0 aromatic heterocycles. The molecule has 3 heteroatoms. The molecule has 1 N–H and O–H groups in total. The van der Waals surface area contributed by atoms with Crippen LogP contribution in [0.3, 0.4) is 0 Å². The lowest BCUT2D eigenvalue weighted by Crippen LogP contribution is -2.23. The smallest absolute Gasteiger partial charge is 0.251 e. The minimum Gasteiger partial charge on any atom is -0.348 e. The van der Waals surface area contributed by atoms with Gasteiger partial charge in [-0.1, -0.05) is 18.2 Å². The summed E-state index contributed by atoms with van der Waals surface area (Å²) < 4.78 is 0. The van der Waals surface area contributed by atoms with Crippen molar-refractivity contribution in [3.63, 3.8) is 0 Å². The van der Waals surface area contributed by atoms with Crippen molar-refractivity contribution in [2.45, 2.75) is 13.0 Å². The Bertz CT molecular complexity index is 505. The van der Waals surface area contributed by atoms with E-state index in [0.29, 0.717) is 6.54 Å². The van der Waals surface area contributed by atoms with Crippen molar-refractivity contribution in [1.82, 2.24) is 10.2 Å². The van der Waals surface area contributed by atoms with Gasteiger partial charge in [0.1, 0.15) is 0 Å². The first kappa shape index (κ1) is 10.5. The highest BCUT2D eigenvalue weighted by atomic mass is 16.1. The molecule has 2 aliphatic heterocycles. The van der Waals surface area contributed by atoms with Crippen LogP contribution in [0.5, 0.6) is 0 Å². The van der Waals surface area contributed by atoms with E-state index >= 15 is 0 Å². The van der Waals surface area contributed by atoms with Crippen LogP contribution in [-0.4, -0.2) is 30.9 Å². The number of likely N-dealkylation sites (N-methyl/N-ethyl adjacent to an activating group) is 1. The number of benzene rings is 1. The minimum atomic E-state index is 0.0652. The third-order valence-corrected chi connectivity index (χ3v) is 3.60. The van der Waals surface area contributed by atoms with Crippen LogP contribution < -0.4 is 5.32 Å². The summed E-state index contributed by atoms with van der Waals surface area (Å²) in [6.45, 7) is 2.77. The third kappa shape index (κ3) is 1.76. The van der Waals surface area contributed by atoms with Crippen LogP contribution >= 0.6 is 0 Å². The molecule has 0 spiro atoms. The Morgan fingerprint density at radius 3 is 2.88 bits per heavy atom. The molecule has 0 aliphatic carbocycles. The van der Waals surface area contributed by atoms with Crippen molar-refractivity contribution in [3.8, 4) is 0 Å². The highest BCUT2D eigenvalue weighted by Gasteiger charge is 2.23. The fourth-order valence-corrected chi connectivity index (χ4v) is 2.57. The molecule has 3 nitrogen and oxygen atoms in total. The van der Waals surface area contributed by atoms with E-state index in [1.807, 2.05) is 12.1 Å². The Labute approximate surface area is 101 Å². The Morgan fingerprint density at radius 1 is 1.29 bits per heavy atom. The van der Waals surface area contributed by atoms with E-state index in [1.54, 1.807) is 0 Å². The summed E-state index contributed by atoms with van der Waals surface area (Å²) in [5.41, 5.74) is 4.67. The first-order valence-corrected chi connectivity index (χ1v) is 6.04. The Hall–Kier alpha value is -1.61. The average molecular weight is 228 g/mol. The lowest BCUT2D eigenvalue weighted by molar-refractivity contribution is 0.0966. The number of nitrogens with zero attached hydrogens (tertiary/aromatic N) is 1. The number of amides is 1. The van der Waals surface area contributed by atoms with E-state index < -0.39 is 0 Å². The minimum absolute atomic E-state index is 0.0652. The number of carbonyl (C=O) groups excluding carboxylic acids is 1. The van der Waals surface area contributed by atoms with Crippen LogP contribution in [0.1, 0.15) is 27.9 Å². The van der Waals surface area contributed by atoms with Crippen LogP contribution in [0, 0.1) is 0 Å². The van der Waals surface area contributed by atoms with Gasteiger partial charge in [-0.05, 0) is 36.2 Å². The van der Waals surface area contributed by atoms with Gasteiger partial charge in [0.25, 0.3) is 5.91 Å². The highest BCUT2D eigenvalue weighted by Crippen LogP contribution is 2.29. The normalized spacial score (nSPS) is 19.8. The van der Waals surface area contributed by atoms with Crippen LogP contribution in [0.2, 0.25) is 0 Å². The Balaban J connectivity index is 2.02. The standard InChI is InChI=1S/C14H16N2O/c1-16-7-5-10(6-8-16)11-3-2-4-12-13(11)9-15-14(12)17/h2-5H,6-9H2,1H3,(H,15,17). The molecule has 0 saturated heterocycles. The number of fused-ring (bicyclic) bond motifs is 1. The Kier molecular flexibility index (Phi) is 2.48. The maximum absolute atomic E-state index is 11.6. The molecule has 0 unspecified atom stereocenters. The molecule has 1 amide bonds. The zero-order valence-corrected chi connectivity index (χ0v) is 9.99. The second-order valence-electron chi connectivity index (χ2n) is 4.76. The molecule has 17 heavy (non-hydrogen) atoms. The summed E-state index contributed by atoms with van der Waals surface area (Å²) in [6.07, 6.45) is 3.35. The van der Waals surface area contributed by atoms with Gasteiger partial charge in [0.05, 0.1) is 0 Å². The summed E-state index contributed by atoms with van der Waals surface area (Å²) in [5.74, 6) is 0.0652. The second kappa shape index (κ2) is 4.00. The van der Waals surface area contributed by atoms with Crippen molar-refractivity contribution in [2.24, 2.45) is 0 Å². The summed E-state index contributed by atoms with van der Waals surface area (Å²) in [7, 11) is 2.13. The van der Waals surface area contributed by atoms with E-state index in [2.05, 4.69) is 29.4 Å². The van der Waals surface area contributed by atoms with Gasteiger partial charge in [-0.25, -0.2) is 0 Å². The van der Waals surface area contributed by atoms with Crippen molar-refractivity contribution < 1.29 is 4.79 Å². The number of hydrogen-bond donors (Lipinski definition) is 1. The molecule has 0 atom stereocenters. The fraction of sp³-hybridized carbons (Fsp3) is 0.357. The zero-order valence-electron chi connectivity index (χ0n) is 9.99. The van der Waals surface area contributed by atoms with E-state index in [1.165, 1.54) is 16.7 Å². The van der Waals surface area contributed by atoms with Gasteiger partial charge in [-0.2, -0.15) is 0 Å². The van der Waals surface area contributed by atoms with Gasteiger partial charge in [0.15, 0.2) is 0 Å². The van der Waals surface area contributed by atoms with Gasteiger partial charge in [-0.15, -0.1) is 0 Å². The van der Waals surface area contributed by atoms with Crippen molar-refractivity contribution >= 4 is 11.5 Å². The quantitative estimate of drug-likeness (QED) is 0.792. The summed E-state index contributed by atoms with van der Waals surface area (Å²) in [4.78, 5) is 13.9. The largest absolute Gasteiger partial charge is 0.348 e. The molecule has 3 rings (SSSR count). The van der Waals surface area contributed by atoms with Crippen LogP contribution in [0.25, 0.3) is 5.57 Å². The van der Waals surface area contributed by atoms with Crippen LogP contribution in [0.15, 0.2) is 24.3 Å². The maximum atomic E-state index is 11.6. The summed E-state index contributed by atoms with van der Waals surface area (Å²) >= 11 is 0. The van der Waals surface area contributed by atoms with E-state index in [9.17, 15) is 4.79 Å². The van der Waals surface area contributed by atoms with E-state index in [-0.39, 0.29) is 5.91 Å². The van der Waals surface area contributed by atoms with Crippen molar-refractivity contribution in [2.75, 3.05) is 20.1 Å². The third-order valence-electron chi connectivity index (χ3n) is 3.60. The lowest BCUT2D eigenvalue weighted by atomic mass is 9.93. The van der Waals surface area contributed by atoms with E-state index in [0.717, 1.165) is 25.1 Å².